The van der Waals surface area contributed by atoms with Gasteiger partial charge in [-0.3, -0.25) is 4.79 Å². The molecule has 1 unspecified atom stereocenters. The van der Waals surface area contributed by atoms with Crippen LogP contribution in [0.1, 0.15) is 82.6 Å². The van der Waals surface area contributed by atoms with E-state index in [-0.39, 0.29) is 17.7 Å². The molecule has 1 aromatic heterocycles. The van der Waals surface area contributed by atoms with Crippen LogP contribution < -0.4 is 9.47 Å². The van der Waals surface area contributed by atoms with Gasteiger partial charge in [-0.05, 0) is 48.9 Å². The number of ether oxygens (including phenoxy) is 3. The van der Waals surface area contributed by atoms with Gasteiger partial charge in [0.1, 0.15) is 5.69 Å². The maximum atomic E-state index is 12.9. The number of nitrogens with one attached hydrogen (secondary N) is 1. The first kappa shape index (κ1) is 21.9. The number of fused-ring (bicyclic) bond motifs is 1. The topological polar surface area (TPSA) is 77.6 Å². The van der Waals surface area contributed by atoms with Gasteiger partial charge >= 0.3 is 5.97 Å². The maximum Gasteiger partial charge on any atom is 0.355 e. The summed E-state index contributed by atoms with van der Waals surface area (Å²) in [6.07, 6.45) is 5.24. The minimum atomic E-state index is -0.381. The molecule has 1 N–H and O–H groups in total. The summed E-state index contributed by atoms with van der Waals surface area (Å²) in [5.74, 6) is 0.980. The highest BCUT2D eigenvalue weighted by atomic mass is 16.5. The summed E-state index contributed by atoms with van der Waals surface area (Å²) in [5, 5.41) is 0. The van der Waals surface area contributed by atoms with Gasteiger partial charge in [-0.2, -0.15) is 0 Å². The lowest BCUT2D eigenvalue weighted by molar-refractivity contribution is 0.0490. The minimum Gasteiger partial charge on any atom is -0.493 e. The van der Waals surface area contributed by atoms with Crippen LogP contribution in [0.3, 0.4) is 0 Å². The molecule has 1 aromatic carbocycles. The predicted octanol–water partition coefficient (Wildman–Crippen LogP) is 4.99. The molecule has 2 aromatic rings. The lowest BCUT2D eigenvalue weighted by atomic mass is 9.81. The normalized spacial score (nSPS) is 15.6. The number of ketones is 1. The molecular weight excluding hydrogens is 382 g/mol. The lowest BCUT2D eigenvalue weighted by Gasteiger charge is -2.23. The third kappa shape index (κ3) is 4.53. The summed E-state index contributed by atoms with van der Waals surface area (Å²) in [7, 11) is 3.19. The molecule has 0 saturated carbocycles. The molecule has 6 nitrogen and oxygen atoms in total. The predicted molar refractivity (Wildman–Crippen MR) is 115 cm³/mol. The Morgan fingerprint density at radius 2 is 1.87 bits per heavy atom. The van der Waals surface area contributed by atoms with Gasteiger partial charge in [-0.1, -0.05) is 32.3 Å². The van der Waals surface area contributed by atoms with Crippen molar-refractivity contribution in [2.75, 3.05) is 20.8 Å². The molecule has 1 aliphatic rings. The van der Waals surface area contributed by atoms with Crippen molar-refractivity contribution in [3.63, 3.8) is 0 Å². The van der Waals surface area contributed by atoms with Crippen molar-refractivity contribution in [2.45, 2.75) is 58.3 Å². The Morgan fingerprint density at radius 1 is 1.10 bits per heavy atom. The summed E-state index contributed by atoms with van der Waals surface area (Å²) < 4.78 is 16.1. The van der Waals surface area contributed by atoms with Gasteiger partial charge in [-0.25, -0.2) is 4.79 Å². The maximum absolute atomic E-state index is 12.9. The molecule has 0 aliphatic heterocycles. The van der Waals surface area contributed by atoms with E-state index in [1.165, 1.54) is 0 Å². The number of methoxy groups -OCH3 is 2. The van der Waals surface area contributed by atoms with Crippen molar-refractivity contribution in [2.24, 2.45) is 0 Å². The van der Waals surface area contributed by atoms with Gasteiger partial charge in [0.2, 0.25) is 0 Å². The summed E-state index contributed by atoms with van der Waals surface area (Å²) in [4.78, 5) is 28.6. The summed E-state index contributed by atoms with van der Waals surface area (Å²) in [5.41, 5.74) is 3.56. The van der Waals surface area contributed by atoms with Gasteiger partial charge in [0.25, 0.3) is 0 Å². The van der Waals surface area contributed by atoms with Gasteiger partial charge in [-0.15, -0.1) is 0 Å². The van der Waals surface area contributed by atoms with Crippen molar-refractivity contribution in [3.8, 4) is 11.5 Å². The minimum absolute atomic E-state index is 0.0146. The van der Waals surface area contributed by atoms with Gasteiger partial charge in [0, 0.05) is 17.7 Å². The number of unbranched alkanes of at least 4 members (excludes halogenated alkanes) is 3. The fraction of sp³-hybridized carbons (Fsp3) is 0.500. The Hall–Kier alpha value is -2.76. The molecule has 1 heterocycles. The number of aromatic amines is 1. The summed E-state index contributed by atoms with van der Waals surface area (Å²) in [6.45, 7) is 4.37. The SMILES string of the molecule is CCCCCCOC(=O)c1[nH]c2c(c1C)C(=O)CC(c1ccc(OC)c(OC)c1)C2. The second-order valence-corrected chi connectivity index (χ2v) is 7.82. The van der Waals surface area contributed by atoms with Crippen LogP contribution in [0.25, 0.3) is 0 Å². The zero-order chi connectivity index (χ0) is 21.7. The van der Waals surface area contributed by atoms with Crippen molar-refractivity contribution in [1.82, 2.24) is 4.98 Å². The number of aromatic nitrogens is 1. The van der Waals surface area contributed by atoms with E-state index < -0.39 is 0 Å². The first-order valence-electron chi connectivity index (χ1n) is 10.6. The Kier molecular flexibility index (Phi) is 7.19. The molecular formula is C24H31NO5. The monoisotopic (exact) mass is 413 g/mol. The second-order valence-electron chi connectivity index (χ2n) is 7.82. The van der Waals surface area contributed by atoms with E-state index in [4.69, 9.17) is 14.2 Å². The molecule has 0 fully saturated rings. The quantitative estimate of drug-likeness (QED) is 0.463. The molecule has 0 saturated heterocycles. The van der Waals surface area contributed by atoms with Crippen molar-refractivity contribution < 1.29 is 23.8 Å². The smallest absolute Gasteiger partial charge is 0.355 e. The third-order valence-electron chi connectivity index (χ3n) is 5.80. The number of hydrogen-bond donors (Lipinski definition) is 1. The Balaban J connectivity index is 1.76. The summed E-state index contributed by atoms with van der Waals surface area (Å²) in [6, 6.07) is 5.74. The molecule has 0 radical (unpaired) electrons. The highest BCUT2D eigenvalue weighted by Crippen LogP contribution is 2.38. The van der Waals surface area contributed by atoms with E-state index in [1.807, 2.05) is 25.1 Å². The largest absolute Gasteiger partial charge is 0.493 e. The van der Waals surface area contributed by atoms with Crippen LogP contribution in [0, 0.1) is 6.92 Å². The highest BCUT2D eigenvalue weighted by molar-refractivity contribution is 6.03. The molecule has 0 bridgehead atoms. The number of H-pyrrole nitrogens is 1. The van der Waals surface area contributed by atoms with E-state index in [0.717, 1.165) is 36.9 Å². The van der Waals surface area contributed by atoms with Crippen LogP contribution in [-0.2, 0) is 11.2 Å². The first-order valence-corrected chi connectivity index (χ1v) is 10.6. The molecule has 3 rings (SSSR count). The zero-order valence-electron chi connectivity index (χ0n) is 18.3. The van der Waals surface area contributed by atoms with Gasteiger partial charge in [0.15, 0.2) is 17.3 Å². The Labute approximate surface area is 177 Å². The van der Waals surface area contributed by atoms with Crippen LogP contribution in [0.4, 0.5) is 0 Å². The summed E-state index contributed by atoms with van der Waals surface area (Å²) >= 11 is 0. The number of carbonyl (C=O) groups excluding carboxylic acids is 2. The Morgan fingerprint density at radius 3 is 2.57 bits per heavy atom. The Bertz CT molecular complexity index is 915. The van der Waals surface area contributed by atoms with E-state index in [1.54, 1.807) is 14.2 Å². The molecule has 0 amide bonds. The fourth-order valence-electron chi connectivity index (χ4n) is 4.15. The van der Waals surface area contributed by atoms with E-state index in [0.29, 0.717) is 47.8 Å². The standard InChI is InChI=1S/C24H31NO5/c1-5-6-7-8-11-30-24(27)23-15(2)22-18(25-23)12-17(13-19(22)26)16-9-10-20(28-3)21(14-16)29-4/h9-10,14,17,25H,5-8,11-13H2,1-4H3. The molecule has 162 valence electrons. The number of Topliss-reactive ketones (excluding diaryl/α,β-unsaturated/α-hetero) is 1. The number of hydrogen-bond acceptors (Lipinski definition) is 5. The van der Waals surface area contributed by atoms with Crippen LogP contribution >= 0.6 is 0 Å². The average molecular weight is 414 g/mol. The highest BCUT2D eigenvalue weighted by Gasteiger charge is 2.32. The zero-order valence-corrected chi connectivity index (χ0v) is 18.3. The number of rotatable bonds is 9. The van der Waals surface area contributed by atoms with Crippen LogP contribution in [0.5, 0.6) is 11.5 Å². The first-order chi connectivity index (χ1) is 14.5. The van der Waals surface area contributed by atoms with Crippen molar-refractivity contribution in [1.29, 1.82) is 0 Å². The molecule has 1 aliphatic carbocycles. The average Bonchev–Trinajstić information content (AvgIpc) is 3.09. The fourth-order valence-corrected chi connectivity index (χ4v) is 4.15. The van der Waals surface area contributed by atoms with Gasteiger partial charge in [0.05, 0.1) is 20.8 Å². The molecule has 0 spiro atoms. The number of benzene rings is 1. The molecule has 1 atom stereocenters. The van der Waals surface area contributed by atoms with E-state index in [2.05, 4.69) is 11.9 Å². The van der Waals surface area contributed by atoms with Crippen molar-refractivity contribution >= 4 is 11.8 Å². The second kappa shape index (κ2) is 9.83. The van der Waals surface area contributed by atoms with Crippen molar-refractivity contribution in [3.05, 3.63) is 46.3 Å². The van der Waals surface area contributed by atoms with Crippen LogP contribution in [0.15, 0.2) is 18.2 Å². The molecule has 30 heavy (non-hydrogen) atoms. The number of carbonyl (C=O) groups is 2. The lowest BCUT2D eigenvalue weighted by Crippen LogP contribution is -2.18. The van der Waals surface area contributed by atoms with E-state index >= 15 is 0 Å². The molecule has 6 heteroatoms. The van der Waals surface area contributed by atoms with Crippen LogP contribution in [0.2, 0.25) is 0 Å². The van der Waals surface area contributed by atoms with Gasteiger partial charge < -0.3 is 19.2 Å². The van der Waals surface area contributed by atoms with Crippen LogP contribution in [-0.4, -0.2) is 37.6 Å². The number of esters is 1. The van der Waals surface area contributed by atoms with E-state index in [9.17, 15) is 9.59 Å². The third-order valence-corrected chi connectivity index (χ3v) is 5.80.